The van der Waals surface area contributed by atoms with Crippen molar-refractivity contribution in [3.05, 3.63) is 70.8 Å². The van der Waals surface area contributed by atoms with Crippen LogP contribution >= 0.6 is 0 Å². The lowest BCUT2D eigenvalue weighted by molar-refractivity contribution is 1.43. The van der Waals surface area contributed by atoms with Crippen molar-refractivity contribution < 1.29 is 0 Å². The zero-order chi connectivity index (χ0) is 24.6. The quantitative estimate of drug-likeness (QED) is 0.164. The fraction of sp³-hybridized carbons (Fsp3) is 0.394. The Bertz CT molecular complexity index is 1270. The summed E-state index contributed by atoms with van der Waals surface area (Å²) in [6.45, 7) is 25.0. The summed E-state index contributed by atoms with van der Waals surface area (Å²) in [5.41, 5.74) is 5.50. The van der Waals surface area contributed by atoms with E-state index in [9.17, 15) is 0 Å². The molecular weight excluding hydrogens is 396 g/mol. The zero-order valence-electron chi connectivity index (χ0n) is 22.6. The van der Waals surface area contributed by atoms with Crippen LogP contribution in [0, 0.1) is 27.7 Å². The van der Waals surface area contributed by atoms with Crippen molar-refractivity contribution in [2.75, 3.05) is 0 Å². The lowest BCUT2D eigenvalue weighted by Crippen LogP contribution is -1.94. The second-order valence-corrected chi connectivity index (χ2v) is 7.23. The van der Waals surface area contributed by atoms with Gasteiger partial charge in [0.1, 0.15) is 0 Å². The van der Waals surface area contributed by atoms with Crippen LogP contribution in [0.15, 0.2) is 48.5 Å². The van der Waals surface area contributed by atoms with Gasteiger partial charge in [0.25, 0.3) is 0 Å². The average molecular weight is 445 g/mol. The second kappa shape index (κ2) is 13.8. The molecule has 0 aromatic heterocycles. The average Bonchev–Trinajstić information content (AvgIpc) is 2.85. The third-order valence-corrected chi connectivity index (χ3v) is 5.68. The number of hydrogen-bond donors (Lipinski definition) is 0. The van der Waals surface area contributed by atoms with Crippen LogP contribution in [0.5, 0.6) is 0 Å². The van der Waals surface area contributed by atoms with Gasteiger partial charge in [0.15, 0.2) is 0 Å². The molecule has 0 radical (unpaired) electrons. The predicted molar refractivity (Wildman–Crippen MR) is 159 cm³/mol. The Labute approximate surface area is 204 Å². The molecule has 0 aliphatic rings. The highest BCUT2D eigenvalue weighted by Crippen LogP contribution is 2.44. The Morgan fingerprint density at radius 3 is 1.45 bits per heavy atom. The van der Waals surface area contributed by atoms with E-state index in [4.69, 9.17) is 0 Å². The molecule has 0 heterocycles. The van der Waals surface area contributed by atoms with E-state index in [0.717, 1.165) is 0 Å². The molecule has 0 unspecified atom stereocenters. The van der Waals surface area contributed by atoms with Crippen LogP contribution in [0.1, 0.15) is 85.1 Å². The smallest absolute Gasteiger partial charge is 0.00183 e. The predicted octanol–water partition coefficient (Wildman–Crippen LogP) is 11.7. The fourth-order valence-corrected chi connectivity index (χ4v) is 4.74. The molecule has 5 rings (SSSR count). The van der Waals surface area contributed by atoms with Gasteiger partial charge in [0.2, 0.25) is 0 Å². The van der Waals surface area contributed by atoms with Crippen molar-refractivity contribution in [3.63, 3.8) is 0 Å². The molecular formula is C33H48. The SMILES string of the molecule is C.CC.CC.CC.CC.Cc1ccc2c3c(C)ccc4cccc(c5c(C)cc(C)c1c25)c43. The molecule has 0 bridgehead atoms. The molecule has 180 valence electrons. The summed E-state index contributed by atoms with van der Waals surface area (Å²) in [6, 6.07) is 18.2. The zero-order valence-corrected chi connectivity index (χ0v) is 22.6. The van der Waals surface area contributed by atoms with E-state index in [1.165, 1.54) is 65.3 Å². The molecule has 0 spiro atoms. The minimum atomic E-state index is 0. The van der Waals surface area contributed by atoms with Gasteiger partial charge in [0.05, 0.1) is 0 Å². The molecule has 0 aliphatic carbocycles. The van der Waals surface area contributed by atoms with Crippen LogP contribution in [-0.4, -0.2) is 0 Å². The maximum Gasteiger partial charge on any atom is -0.00183 e. The molecule has 0 aliphatic heterocycles. The number of fused-ring (bicyclic) bond motifs is 2. The van der Waals surface area contributed by atoms with Gasteiger partial charge in [-0.3, -0.25) is 0 Å². The van der Waals surface area contributed by atoms with Gasteiger partial charge < -0.3 is 0 Å². The minimum Gasteiger partial charge on any atom is -0.0776 e. The number of hydrogen-bond acceptors (Lipinski definition) is 0. The van der Waals surface area contributed by atoms with Crippen molar-refractivity contribution in [3.8, 4) is 0 Å². The maximum atomic E-state index is 2.36. The molecule has 5 aromatic carbocycles. The van der Waals surface area contributed by atoms with Gasteiger partial charge in [-0.05, 0) is 93.0 Å². The van der Waals surface area contributed by atoms with Gasteiger partial charge in [-0.25, -0.2) is 0 Å². The molecule has 0 saturated heterocycles. The Balaban J connectivity index is 0.00000104. The molecule has 0 nitrogen and oxygen atoms in total. The first kappa shape index (κ1) is 30.4. The summed E-state index contributed by atoms with van der Waals surface area (Å²) in [5, 5.41) is 11.3. The van der Waals surface area contributed by atoms with Crippen molar-refractivity contribution in [1.29, 1.82) is 0 Å². The number of benzene rings is 5. The molecule has 0 saturated carbocycles. The first-order valence-electron chi connectivity index (χ1n) is 12.6. The molecule has 0 atom stereocenters. The van der Waals surface area contributed by atoms with Gasteiger partial charge in [-0.15, -0.1) is 0 Å². The summed E-state index contributed by atoms with van der Waals surface area (Å²) >= 11 is 0. The van der Waals surface area contributed by atoms with Crippen molar-refractivity contribution in [2.24, 2.45) is 0 Å². The first-order chi connectivity index (χ1) is 15.6. The van der Waals surface area contributed by atoms with Gasteiger partial charge in [-0.1, -0.05) is 111 Å². The molecule has 33 heavy (non-hydrogen) atoms. The lowest BCUT2D eigenvalue weighted by atomic mass is 9.84. The molecule has 0 N–H and O–H groups in total. The van der Waals surface area contributed by atoms with Gasteiger partial charge in [-0.2, -0.15) is 0 Å². The van der Waals surface area contributed by atoms with E-state index < -0.39 is 0 Å². The van der Waals surface area contributed by atoms with Crippen LogP contribution in [0.3, 0.4) is 0 Å². The highest BCUT2D eigenvalue weighted by atomic mass is 14.2. The van der Waals surface area contributed by atoms with Crippen LogP contribution in [-0.2, 0) is 0 Å². The van der Waals surface area contributed by atoms with Crippen LogP contribution < -0.4 is 0 Å². The highest BCUT2D eigenvalue weighted by molar-refractivity contribution is 6.34. The van der Waals surface area contributed by atoms with E-state index in [-0.39, 0.29) is 7.43 Å². The summed E-state index contributed by atoms with van der Waals surface area (Å²) in [4.78, 5) is 0. The molecule has 0 heteroatoms. The highest BCUT2D eigenvalue weighted by Gasteiger charge is 2.17. The van der Waals surface area contributed by atoms with Crippen molar-refractivity contribution >= 4 is 43.1 Å². The normalized spacial score (nSPS) is 9.58. The Kier molecular flexibility index (Phi) is 12.7. The molecule has 0 fully saturated rings. The molecule has 5 aromatic rings. The summed E-state index contributed by atoms with van der Waals surface area (Å²) in [5.74, 6) is 0. The van der Waals surface area contributed by atoms with E-state index in [1.807, 2.05) is 55.4 Å². The van der Waals surface area contributed by atoms with Crippen LogP contribution in [0.4, 0.5) is 0 Å². The van der Waals surface area contributed by atoms with E-state index in [0.29, 0.717) is 0 Å². The largest absolute Gasteiger partial charge is 0.0776 e. The second-order valence-electron chi connectivity index (χ2n) is 7.23. The van der Waals surface area contributed by atoms with Crippen LogP contribution in [0.2, 0.25) is 0 Å². The lowest BCUT2D eigenvalue weighted by Gasteiger charge is -2.19. The summed E-state index contributed by atoms with van der Waals surface area (Å²) in [6.07, 6.45) is 0. The fourth-order valence-electron chi connectivity index (χ4n) is 4.74. The van der Waals surface area contributed by atoms with Gasteiger partial charge in [0, 0.05) is 0 Å². The number of rotatable bonds is 0. The van der Waals surface area contributed by atoms with Crippen molar-refractivity contribution in [1.82, 2.24) is 0 Å². The van der Waals surface area contributed by atoms with Crippen LogP contribution in [0.25, 0.3) is 43.1 Å². The Morgan fingerprint density at radius 1 is 0.394 bits per heavy atom. The third-order valence-electron chi connectivity index (χ3n) is 5.68. The monoisotopic (exact) mass is 444 g/mol. The Hall–Kier alpha value is -2.60. The Morgan fingerprint density at radius 2 is 0.848 bits per heavy atom. The van der Waals surface area contributed by atoms with Gasteiger partial charge >= 0.3 is 0 Å². The first-order valence-corrected chi connectivity index (χ1v) is 12.6. The summed E-state index contributed by atoms with van der Waals surface area (Å²) < 4.78 is 0. The van der Waals surface area contributed by atoms with E-state index in [2.05, 4.69) is 76.2 Å². The van der Waals surface area contributed by atoms with Crippen molar-refractivity contribution in [2.45, 2.75) is 90.5 Å². The minimum absolute atomic E-state index is 0. The number of aryl methyl sites for hydroxylation is 4. The van der Waals surface area contributed by atoms with E-state index >= 15 is 0 Å². The summed E-state index contributed by atoms with van der Waals surface area (Å²) in [7, 11) is 0. The van der Waals surface area contributed by atoms with E-state index in [1.54, 1.807) is 0 Å². The maximum absolute atomic E-state index is 2.36. The topological polar surface area (TPSA) is 0 Å². The third kappa shape index (κ3) is 5.16. The molecule has 0 amide bonds. The standard InChI is InChI=1S/C24H20.4C2H6.CH4/c1-13-9-11-19-21-14(2)8-10-17-6-5-7-18(23(17)21)22-16(4)12-15(3)20(13)24(19)22;4*1-2;/h5-12H,1-4H3;4*1-2H3;1H4.